The number of hydrogen-bond donors (Lipinski definition) is 1. The van der Waals surface area contributed by atoms with Gasteiger partial charge in [-0.05, 0) is 90.9 Å². The minimum Gasteiger partial charge on any atom is -0.490 e. The summed E-state index contributed by atoms with van der Waals surface area (Å²) in [6.45, 7) is 16.1. The van der Waals surface area contributed by atoms with Gasteiger partial charge in [-0.2, -0.15) is 0 Å². The lowest BCUT2D eigenvalue weighted by Gasteiger charge is -2.59. The van der Waals surface area contributed by atoms with Gasteiger partial charge in [-0.25, -0.2) is 14.4 Å². The van der Waals surface area contributed by atoms with Crippen LogP contribution in [0, 0.1) is 11.2 Å². The topological polar surface area (TPSA) is 96.0 Å². The maximum absolute atomic E-state index is 14.3. The molecule has 1 aromatic carbocycles. The van der Waals surface area contributed by atoms with Crippen LogP contribution >= 0.6 is 0 Å². The van der Waals surface area contributed by atoms with Crippen molar-refractivity contribution in [2.45, 2.75) is 91.8 Å². The molecule has 1 spiro atoms. The normalized spacial score (nSPS) is 16.7. The quantitative estimate of drug-likeness (QED) is 0.192. The van der Waals surface area contributed by atoms with Gasteiger partial charge in [0.2, 0.25) is 0 Å². The number of carbonyl (C=O) groups excluding carboxylic acids is 1. The minimum absolute atomic E-state index is 0.0336. The highest BCUT2D eigenvalue weighted by Gasteiger charge is 2.54. The van der Waals surface area contributed by atoms with Gasteiger partial charge in [-0.1, -0.05) is 20.3 Å². The average Bonchev–Trinajstić information content (AvgIpc) is 3.07. The number of fused-ring (bicyclic) bond motifs is 1. The fourth-order valence-electron chi connectivity index (χ4n) is 7.32. The molecule has 6 rings (SSSR count). The smallest absolute Gasteiger partial charge is 0.257 e. The number of nitrogens with one attached hydrogen (secondary N) is 1. The predicted octanol–water partition coefficient (Wildman–Crippen LogP) is 6.50. The zero-order chi connectivity index (χ0) is 35.0. The monoisotopic (exact) mass is 675 g/mol. The number of carbonyl (C=O) groups is 1. The van der Waals surface area contributed by atoms with Crippen LogP contribution in [0.15, 0.2) is 43.0 Å². The van der Waals surface area contributed by atoms with Gasteiger partial charge in [0.1, 0.15) is 29.7 Å². The van der Waals surface area contributed by atoms with Crippen LogP contribution in [0.2, 0.25) is 0 Å². The standard InChI is InChI=1S/C36H48FN7O3.C2H6/c1-5-44(25(2)3)35(45)28-17-26(37)9-10-31(28)47-33-20-39-24-41-34(33)43-22-36(23-43)18-27(19-36)46-32-11-14-40-30-12-16-42(21-29(30)32)15-8-6-7-13-38-4;1-2/h9-11,14,17,20,24-25,27,38H,5-8,12-13,15-16,18-19,21-23H2,1-4H3;1-2H3. The largest absolute Gasteiger partial charge is 0.490 e. The third kappa shape index (κ3) is 8.49. The second kappa shape index (κ2) is 16.7. The molecule has 10 nitrogen and oxygen atoms in total. The Morgan fingerprint density at radius 2 is 1.90 bits per heavy atom. The summed E-state index contributed by atoms with van der Waals surface area (Å²) in [5, 5.41) is 3.23. The van der Waals surface area contributed by atoms with Crippen molar-refractivity contribution in [1.29, 1.82) is 0 Å². The van der Waals surface area contributed by atoms with E-state index in [0.717, 1.165) is 64.3 Å². The molecule has 1 saturated heterocycles. The number of halogens is 1. The van der Waals surface area contributed by atoms with E-state index in [2.05, 4.69) is 30.1 Å². The molecule has 0 bridgehead atoms. The number of aromatic nitrogens is 3. The number of pyridine rings is 1. The Morgan fingerprint density at radius 3 is 2.63 bits per heavy atom. The number of unbranched alkanes of at least 4 members (excludes halogenated alkanes) is 2. The van der Waals surface area contributed by atoms with Gasteiger partial charge in [0.15, 0.2) is 11.6 Å². The zero-order valence-corrected chi connectivity index (χ0v) is 30.2. The first kappa shape index (κ1) is 36.5. The molecule has 3 aromatic rings. The van der Waals surface area contributed by atoms with E-state index < -0.39 is 5.82 Å². The second-order valence-electron chi connectivity index (χ2n) is 13.6. The van der Waals surface area contributed by atoms with Gasteiger partial charge < -0.3 is 24.6 Å². The first-order valence-electron chi connectivity index (χ1n) is 18.1. The number of amides is 1. The fraction of sp³-hybridized carbons (Fsp3) is 0.579. The van der Waals surface area contributed by atoms with Crippen molar-refractivity contribution >= 4 is 11.7 Å². The molecule has 1 amide bonds. The fourth-order valence-corrected chi connectivity index (χ4v) is 7.32. The Labute approximate surface area is 291 Å². The summed E-state index contributed by atoms with van der Waals surface area (Å²) < 4.78 is 27.2. The summed E-state index contributed by atoms with van der Waals surface area (Å²) in [6, 6.07) is 6.05. The number of rotatable bonds is 14. The highest BCUT2D eigenvalue weighted by Crippen LogP contribution is 2.52. The number of benzene rings is 1. The van der Waals surface area contributed by atoms with E-state index in [0.29, 0.717) is 18.1 Å². The van der Waals surface area contributed by atoms with Crippen LogP contribution < -0.4 is 19.7 Å². The lowest BCUT2D eigenvalue weighted by molar-refractivity contribution is -0.0352. The molecule has 1 aliphatic carbocycles. The van der Waals surface area contributed by atoms with Crippen LogP contribution in [0.1, 0.15) is 88.3 Å². The summed E-state index contributed by atoms with van der Waals surface area (Å²) in [7, 11) is 2.01. The molecule has 4 heterocycles. The molecular formula is C38H54FN7O3. The van der Waals surface area contributed by atoms with Crippen LogP contribution in [0.3, 0.4) is 0 Å². The Morgan fingerprint density at radius 1 is 1.10 bits per heavy atom. The molecular weight excluding hydrogens is 621 g/mol. The summed E-state index contributed by atoms with van der Waals surface area (Å²) in [6.07, 6.45) is 11.8. The van der Waals surface area contributed by atoms with E-state index in [-0.39, 0.29) is 34.8 Å². The summed E-state index contributed by atoms with van der Waals surface area (Å²) >= 11 is 0. The lowest BCUT2D eigenvalue weighted by Crippen LogP contribution is -2.65. The van der Waals surface area contributed by atoms with Gasteiger partial charge in [0, 0.05) is 68.1 Å². The minimum atomic E-state index is -0.489. The summed E-state index contributed by atoms with van der Waals surface area (Å²) in [5.74, 6) is 1.62. The van der Waals surface area contributed by atoms with E-state index in [1.165, 1.54) is 55.0 Å². The zero-order valence-electron chi connectivity index (χ0n) is 30.2. The summed E-state index contributed by atoms with van der Waals surface area (Å²) in [4.78, 5) is 33.2. The Balaban J connectivity index is 0.00000230. The molecule has 1 saturated carbocycles. The molecule has 2 aromatic heterocycles. The molecule has 3 aliphatic rings. The van der Waals surface area contributed by atoms with E-state index in [1.807, 2.05) is 53.9 Å². The van der Waals surface area contributed by atoms with Crippen molar-refractivity contribution in [1.82, 2.24) is 30.1 Å². The lowest BCUT2D eigenvalue weighted by atomic mass is 9.61. The van der Waals surface area contributed by atoms with Gasteiger partial charge >= 0.3 is 0 Å². The maximum atomic E-state index is 14.3. The molecule has 0 atom stereocenters. The first-order valence-corrected chi connectivity index (χ1v) is 18.1. The molecule has 2 fully saturated rings. The van der Waals surface area contributed by atoms with E-state index >= 15 is 0 Å². The van der Waals surface area contributed by atoms with Crippen molar-refractivity contribution in [3.63, 3.8) is 0 Å². The third-order valence-electron chi connectivity index (χ3n) is 9.79. The Hall–Kier alpha value is -3.83. The van der Waals surface area contributed by atoms with Gasteiger partial charge in [0.05, 0.1) is 11.8 Å². The van der Waals surface area contributed by atoms with E-state index in [4.69, 9.17) is 9.47 Å². The maximum Gasteiger partial charge on any atom is 0.257 e. The van der Waals surface area contributed by atoms with Crippen molar-refractivity contribution in [2.75, 3.05) is 51.2 Å². The highest BCUT2D eigenvalue weighted by molar-refractivity contribution is 5.97. The molecule has 49 heavy (non-hydrogen) atoms. The van der Waals surface area contributed by atoms with E-state index in [9.17, 15) is 9.18 Å². The van der Waals surface area contributed by atoms with Crippen LogP contribution in [0.4, 0.5) is 10.2 Å². The number of nitrogens with zero attached hydrogens (tertiary/aromatic N) is 6. The van der Waals surface area contributed by atoms with Crippen molar-refractivity contribution in [3.8, 4) is 17.2 Å². The average molecular weight is 676 g/mol. The van der Waals surface area contributed by atoms with Crippen molar-refractivity contribution < 1.29 is 18.7 Å². The molecule has 266 valence electrons. The Bertz CT molecular complexity index is 1540. The highest BCUT2D eigenvalue weighted by atomic mass is 19.1. The predicted molar refractivity (Wildman–Crippen MR) is 191 cm³/mol. The summed E-state index contributed by atoms with van der Waals surface area (Å²) in [5.41, 5.74) is 2.78. The third-order valence-corrected chi connectivity index (χ3v) is 9.79. The van der Waals surface area contributed by atoms with Crippen molar-refractivity contribution in [3.05, 3.63) is 65.6 Å². The van der Waals surface area contributed by atoms with Crippen molar-refractivity contribution in [2.24, 2.45) is 5.41 Å². The van der Waals surface area contributed by atoms with E-state index in [1.54, 1.807) is 11.1 Å². The molecule has 2 aliphatic heterocycles. The number of hydrogen-bond acceptors (Lipinski definition) is 9. The van der Waals surface area contributed by atoms with Gasteiger partial charge in [-0.15, -0.1) is 0 Å². The SMILES string of the molecule is CC.CCN(C(=O)c1cc(F)ccc1Oc1cncnc1N1CC2(CC(Oc3ccnc4c3CN(CCCCCNC)CC4)C2)C1)C(C)C. The number of ether oxygens (including phenoxy) is 2. The molecule has 1 N–H and O–H groups in total. The first-order chi connectivity index (χ1) is 23.8. The van der Waals surface area contributed by atoms with Gasteiger partial charge in [-0.3, -0.25) is 14.7 Å². The molecule has 11 heteroatoms. The van der Waals surface area contributed by atoms with Crippen LogP contribution in [0.25, 0.3) is 0 Å². The van der Waals surface area contributed by atoms with Crippen LogP contribution in [0.5, 0.6) is 17.2 Å². The second-order valence-corrected chi connectivity index (χ2v) is 13.6. The van der Waals surface area contributed by atoms with Crippen LogP contribution in [-0.2, 0) is 13.0 Å². The van der Waals surface area contributed by atoms with Gasteiger partial charge in [0.25, 0.3) is 5.91 Å². The number of anilines is 1. The Kier molecular flexibility index (Phi) is 12.4. The van der Waals surface area contributed by atoms with Crippen LogP contribution in [-0.4, -0.2) is 89.1 Å². The molecule has 0 unspecified atom stereocenters. The molecule has 0 radical (unpaired) electrons.